The third-order valence-electron chi connectivity index (χ3n) is 3.01. The topological polar surface area (TPSA) is 56.1 Å². The molecule has 0 aromatic heterocycles. The Balaban J connectivity index is 3.19. The standard InChI is InChI=1S/C14H16F3N3O/c1-3-20(8-4-7-18)13(21)11-9-10(14(15,16)17)5-6-12(11)19-2/h5-6,9,19H,3-4,8H2,1-2H3. The van der Waals surface area contributed by atoms with E-state index in [2.05, 4.69) is 5.32 Å². The Hall–Kier alpha value is -2.23. The second-order valence-corrected chi connectivity index (χ2v) is 4.30. The van der Waals surface area contributed by atoms with Crippen LogP contribution in [0.2, 0.25) is 0 Å². The molecule has 0 aliphatic carbocycles. The van der Waals surface area contributed by atoms with E-state index in [1.165, 1.54) is 18.0 Å². The maximum atomic E-state index is 12.8. The van der Waals surface area contributed by atoms with Crippen molar-refractivity contribution in [2.75, 3.05) is 25.5 Å². The fraction of sp³-hybridized carbons (Fsp3) is 0.429. The van der Waals surface area contributed by atoms with Gasteiger partial charge in [-0.2, -0.15) is 18.4 Å². The first kappa shape index (κ1) is 16.8. The van der Waals surface area contributed by atoms with E-state index < -0.39 is 17.6 Å². The smallest absolute Gasteiger partial charge is 0.387 e. The number of amides is 1. The van der Waals surface area contributed by atoms with Crippen molar-refractivity contribution in [3.63, 3.8) is 0 Å². The van der Waals surface area contributed by atoms with Crippen LogP contribution in [-0.2, 0) is 6.18 Å². The largest absolute Gasteiger partial charge is 0.416 e. The minimum Gasteiger partial charge on any atom is -0.387 e. The summed E-state index contributed by atoms with van der Waals surface area (Å²) < 4.78 is 38.3. The predicted octanol–water partition coefficient (Wildman–Crippen LogP) is 3.12. The number of halogens is 3. The molecule has 0 fully saturated rings. The maximum absolute atomic E-state index is 12.8. The van der Waals surface area contributed by atoms with Gasteiger partial charge < -0.3 is 10.2 Å². The zero-order valence-electron chi connectivity index (χ0n) is 11.8. The van der Waals surface area contributed by atoms with Crippen LogP contribution in [0.3, 0.4) is 0 Å². The number of benzene rings is 1. The number of hydrogen-bond donors (Lipinski definition) is 1. The molecule has 1 rings (SSSR count). The quantitative estimate of drug-likeness (QED) is 0.909. The van der Waals surface area contributed by atoms with Crippen LogP contribution in [0.15, 0.2) is 18.2 Å². The highest BCUT2D eigenvalue weighted by molar-refractivity contribution is 5.99. The number of nitrogens with zero attached hydrogens (tertiary/aromatic N) is 2. The SMILES string of the molecule is CCN(CCC#N)C(=O)c1cc(C(F)(F)F)ccc1NC. The zero-order valence-corrected chi connectivity index (χ0v) is 11.8. The van der Waals surface area contributed by atoms with Crippen LogP contribution in [0.4, 0.5) is 18.9 Å². The first-order valence-corrected chi connectivity index (χ1v) is 6.40. The van der Waals surface area contributed by atoms with Crippen LogP contribution >= 0.6 is 0 Å². The number of alkyl halides is 3. The zero-order chi connectivity index (χ0) is 16.0. The summed E-state index contributed by atoms with van der Waals surface area (Å²) in [7, 11) is 1.53. The molecule has 1 aromatic rings. The minimum atomic E-state index is -4.51. The van der Waals surface area contributed by atoms with Gasteiger partial charge in [0.15, 0.2) is 0 Å². The highest BCUT2D eigenvalue weighted by Crippen LogP contribution is 2.32. The van der Waals surface area contributed by atoms with E-state index in [9.17, 15) is 18.0 Å². The minimum absolute atomic E-state index is 0.0490. The summed E-state index contributed by atoms with van der Waals surface area (Å²) >= 11 is 0. The van der Waals surface area contributed by atoms with Crippen LogP contribution in [0.25, 0.3) is 0 Å². The number of hydrogen-bond acceptors (Lipinski definition) is 3. The lowest BCUT2D eigenvalue weighted by Crippen LogP contribution is -2.32. The van der Waals surface area contributed by atoms with Crippen LogP contribution in [0.1, 0.15) is 29.3 Å². The molecule has 7 heteroatoms. The van der Waals surface area contributed by atoms with Crippen molar-refractivity contribution >= 4 is 11.6 Å². The summed E-state index contributed by atoms with van der Waals surface area (Å²) in [4.78, 5) is 13.7. The average molecular weight is 299 g/mol. The molecule has 0 radical (unpaired) electrons. The Morgan fingerprint density at radius 3 is 2.57 bits per heavy atom. The molecule has 0 saturated carbocycles. The van der Waals surface area contributed by atoms with Crippen molar-refractivity contribution < 1.29 is 18.0 Å². The van der Waals surface area contributed by atoms with Gasteiger partial charge in [-0.05, 0) is 25.1 Å². The summed E-state index contributed by atoms with van der Waals surface area (Å²) in [6.45, 7) is 2.22. The first-order valence-electron chi connectivity index (χ1n) is 6.40. The molecule has 0 saturated heterocycles. The van der Waals surface area contributed by atoms with Gasteiger partial charge in [0.05, 0.1) is 23.6 Å². The lowest BCUT2D eigenvalue weighted by Gasteiger charge is -2.22. The van der Waals surface area contributed by atoms with E-state index in [4.69, 9.17) is 5.26 Å². The van der Waals surface area contributed by atoms with Crippen molar-refractivity contribution in [2.45, 2.75) is 19.5 Å². The second kappa shape index (κ2) is 6.97. The third kappa shape index (κ3) is 4.12. The van der Waals surface area contributed by atoms with Crippen molar-refractivity contribution in [3.05, 3.63) is 29.3 Å². The molecule has 0 heterocycles. The molecule has 1 N–H and O–H groups in total. The van der Waals surface area contributed by atoms with Gasteiger partial charge in [-0.15, -0.1) is 0 Å². The summed E-state index contributed by atoms with van der Waals surface area (Å²) in [6, 6.07) is 4.91. The fourth-order valence-electron chi connectivity index (χ4n) is 1.87. The van der Waals surface area contributed by atoms with E-state index >= 15 is 0 Å². The Morgan fingerprint density at radius 2 is 2.10 bits per heavy atom. The van der Waals surface area contributed by atoms with Gasteiger partial charge in [-0.1, -0.05) is 0 Å². The molecule has 0 aliphatic rings. The lowest BCUT2D eigenvalue weighted by atomic mass is 10.1. The molecule has 0 aliphatic heterocycles. The summed E-state index contributed by atoms with van der Waals surface area (Å²) in [5.74, 6) is -0.525. The predicted molar refractivity (Wildman–Crippen MR) is 72.8 cm³/mol. The lowest BCUT2D eigenvalue weighted by molar-refractivity contribution is -0.137. The van der Waals surface area contributed by atoms with Crippen molar-refractivity contribution in [1.29, 1.82) is 5.26 Å². The van der Waals surface area contributed by atoms with Gasteiger partial charge in [0.25, 0.3) is 5.91 Å². The molecular weight excluding hydrogens is 283 g/mol. The maximum Gasteiger partial charge on any atom is 0.416 e. The summed E-state index contributed by atoms with van der Waals surface area (Å²) in [5, 5.41) is 11.3. The van der Waals surface area contributed by atoms with E-state index in [1.807, 2.05) is 6.07 Å². The van der Waals surface area contributed by atoms with E-state index in [-0.39, 0.29) is 18.5 Å². The molecule has 4 nitrogen and oxygen atoms in total. The summed E-state index contributed by atoms with van der Waals surface area (Å²) in [6.07, 6.45) is -4.38. The first-order chi connectivity index (χ1) is 9.85. The highest BCUT2D eigenvalue weighted by Gasteiger charge is 2.32. The number of nitriles is 1. The van der Waals surface area contributed by atoms with Gasteiger partial charge in [-0.25, -0.2) is 0 Å². The van der Waals surface area contributed by atoms with Crippen molar-refractivity contribution in [2.24, 2.45) is 0 Å². The Bertz CT molecular complexity index is 549. The monoisotopic (exact) mass is 299 g/mol. The van der Waals surface area contributed by atoms with Gasteiger partial charge in [-0.3, -0.25) is 4.79 Å². The molecule has 1 aromatic carbocycles. The van der Waals surface area contributed by atoms with Crippen LogP contribution in [0, 0.1) is 11.3 Å². The molecule has 21 heavy (non-hydrogen) atoms. The van der Waals surface area contributed by atoms with Crippen molar-refractivity contribution in [3.8, 4) is 6.07 Å². The second-order valence-electron chi connectivity index (χ2n) is 4.30. The average Bonchev–Trinajstić information content (AvgIpc) is 2.46. The number of rotatable bonds is 5. The Labute approximate surface area is 121 Å². The summed E-state index contributed by atoms with van der Waals surface area (Å²) in [5.41, 5.74) is -0.600. The molecule has 114 valence electrons. The number of anilines is 1. The molecule has 1 amide bonds. The number of carbonyl (C=O) groups is 1. The Morgan fingerprint density at radius 1 is 1.43 bits per heavy atom. The third-order valence-corrected chi connectivity index (χ3v) is 3.01. The van der Waals surface area contributed by atoms with Crippen molar-refractivity contribution in [1.82, 2.24) is 4.90 Å². The molecule has 0 spiro atoms. The van der Waals surface area contributed by atoms with E-state index in [0.29, 0.717) is 12.2 Å². The van der Waals surface area contributed by atoms with E-state index in [0.717, 1.165) is 12.1 Å². The molecule has 0 bridgehead atoms. The van der Waals surface area contributed by atoms with Gasteiger partial charge in [0.2, 0.25) is 0 Å². The highest BCUT2D eigenvalue weighted by atomic mass is 19.4. The molecular formula is C14H16F3N3O. The van der Waals surface area contributed by atoms with Crippen LogP contribution in [-0.4, -0.2) is 30.9 Å². The van der Waals surface area contributed by atoms with Gasteiger partial charge >= 0.3 is 6.18 Å². The van der Waals surface area contributed by atoms with Gasteiger partial charge in [0, 0.05) is 25.8 Å². The normalized spacial score (nSPS) is 10.9. The van der Waals surface area contributed by atoms with Crippen LogP contribution < -0.4 is 5.32 Å². The number of nitrogens with one attached hydrogen (secondary N) is 1. The molecule has 0 unspecified atom stereocenters. The van der Waals surface area contributed by atoms with Crippen LogP contribution in [0.5, 0.6) is 0 Å². The number of carbonyl (C=O) groups excluding carboxylic acids is 1. The van der Waals surface area contributed by atoms with E-state index in [1.54, 1.807) is 6.92 Å². The van der Waals surface area contributed by atoms with Gasteiger partial charge in [0.1, 0.15) is 0 Å². The molecule has 0 atom stereocenters. The Kier molecular flexibility index (Phi) is 5.59. The fourth-order valence-corrected chi connectivity index (χ4v) is 1.87.